The number of ether oxygens (including phenoxy) is 1. The molecule has 36 heavy (non-hydrogen) atoms. The van der Waals surface area contributed by atoms with Crippen molar-refractivity contribution in [3.05, 3.63) is 105 Å². The van der Waals surface area contributed by atoms with Crippen LogP contribution in [0.3, 0.4) is 0 Å². The van der Waals surface area contributed by atoms with E-state index in [9.17, 15) is 20.2 Å². The second-order valence-electron chi connectivity index (χ2n) is 9.55. The minimum Gasteiger partial charge on any atom is -0.489 e. The number of nitrogens with one attached hydrogen (secondary N) is 1. The molecule has 3 aliphatic heterocycles. The number of nitrogens with zero attached hydrogens (tertiary/aromatic N) is 3. The first-order valence-electron chi connectivity index (χ1n) is 12.1. The fourth-order valence-electron chi connectivity index (χ4n) is 6.48. The van der Waals surface area contributed by atoms with Gasteiger partial charge in [-0.1, -0.05) is 48.5 Å². The minimum atomic E-state index is -1.32. The first-order chi connectivity index (χ1) is 17.6. The maximum atomic E-state index is 13.5. The van der Waals surface area contributed by atoms with Gasteiger partial charge in [0.1, 0.15) is 12.4 Å². The molecule has 1 N–H and O–H groups in total. The molecule has 3 aliphatic rings. The maximum Gasteiger partial charge on any atom is 0.256 e. The van der Waals surface area contributed by atoms with Crippen LogP contribution in [0.2, 0.25) is 0 Å². The van der Waals surface area contributed by atoms with E-state index in [0.29, 0.717) is 29.1 Å². The number of nitriles is 1. The molecule has 2 fully saturated rings. The van der Waals surface area contributed by atoms with Gasteiger partial charge in [0.15, 0.2) is 5.54 Å². The highest BCUT2D eigenvalue weighted by molar-refractivity contribution is 6.07. The lowest BCUT2D eigenvalue weighted by atomic mass is 9.77. The topological polar surface area (TPSA) is 108 Å². The Morgan fingerprint density at radius 3 is 2.64 bits per heavy atom. The van der Waals surface area contributed by atoms with Gasteiger partial charge in [0, 0.05) is 34.3 Å². The van der Waals surface area contributed by atoms with Crippen molar-refractivity contribution in [2.75, 3.05) is 11.9 Å². The van der Waals surface area contributed by atoms with Crippen molar-refractivity contribution in [1.82, 2.24) is 4.90 Å². The van der Waals surface area contributed by atoms with E-state index in [1.54, 1.807) is 6.07 Å². The van der Waals surface area contributed by atoms with Crippen LogP contribution in [0.15, 0.2) is 72.8 Å². The van der Waals surface area contributed by atoms with E-state index in [0.717, 1.165) is 24.0 Å². The molecule has 180 valence electrons. The summed E-state index contributed by atoms with van der Waals surface area (Å²) >= 11 is 0. The van der Waals surface area contributed by atoms with Crippen LogP contribution in [-0.4, -0.2) is 34.4 Å². The molecule has 0 aliphatic carbocycles. The number of amides is 1. The van der Waals surface area contributed by atoms with Crippen molar-refractivity contribution in [3.63, 3.8) is 0 Å². The summed E-state index contributed by atoms with van der Waals surface area (Å²) in [5.74, 6) is -0.132. The summed E-state index contributed by atoms with van der Waals surface area (Å²) in [6.45, 7) is 0.896. The van der Waals surface area contributed by atoms with Crippen LogP contribution in [0.1, 0.15) is 41.0 Å². The van der Waals surface area contributed by atoms with Crippen LogP contribution < -0.4 is 10.1 Å². The standard InChI is InChI=1S/C28H24N4O4/c29-16-19-6-1-2-7-20(19)17-36-21-13-11-18(12-14-21)25-24-10-5-15-31(24)28(26(25)32(34)35)22-8-3-4-9-23(22)30-27(28)33/h1-4,6-9,11-14,24-26H,5,10,15,17H2,(H,30,33)/t24-,25+,26+,28-/m0/s1. The van der Waals surface area contributed by atoms with Gasteiger partial charge in [-0.3, -0.25) is 19.8 Å². The summed E-state index contributed by atoms with van der Waals surface area (Å²) in [7, 11) is 0. The van der Waals surface area contributed by atoms with Crippen LogP contribution in [0.5, 0.6) is 5.75 Å². The van der Waals surface area contributed by atoms with Gasteiger partial charge >= 0.3 is 0 Å². The molecule has 3 aromatic carbocycles. The number of nitro groups is 1. The molecule has 1 amide bonds. The number of hydrogen-bond donors (Lipinski definition) is 1. The molecule has 8 heteroatoms. The van der Waals surface area contributed by atoms with Crippen molar-refractivity contribution in [2.24, 2.45) is 0 Å². The van der Waals surface area contributed by atoms with Gasteiger partial charge in [-0.25, -0.2) is 0 Å². The molecular weight excluding hydrogens is 456 g/mol. The molecule has 3 aromatic rings. The van der Waals surface area contributed by atoms with Gasteiger partial charge in [0.05, 0.1) is 17.6 Å². The SMILES string of the molecule is N#Cc1ccccc1COc1ccc([C@@H]2[C@@H]3CCCN3[C@]3(C(=O)Nc4ccccc43)[C@@H]2[N+](=O)[O-])cc1. The summed E-state index contributed by atoms with van der Waals surface area (Å²) in [5.41, 5.74) is 2.22. The Hall–Kier alpha value is -4.22. The van der Waals surface area contributed by atoms with E-state index < -0.39 is 17.5 Å². The van der Waals surface area contributed by atoms with Crippen LogP contribution in [0, 0.1) is 21.4 Å². The monoisotopic (exact) mass is 480 g/mol. The lowest BCUT2D eigenvalue weighted by molar-refractivity contribution is -0.534. The zero-order valence-electron chi connectivity index (χ0n) is 19.5. The number of para-hydroxylation sites is 1. The van der Waals surface area contributed by atoms with Crippen molar-refractivity contribution in [3.8, 4) is 11.8 Å². The van der Waals surface area contributed by atoms with E-state index in [1.807, 2.05) is 66.7 Å². The average Bonchev–Trinajstić information content (AvgIpc) is 3.56. The Morgan fingerprint density at radius 1 is 1.11 bits per heavy atom. The van der Waals surface area contributed by atoms with Gasteiger partial charge in [0.2, 0.25) is 0 Å². The zero-order chi connectivity index (χ0) is 24.9. The fourth-order valence-corrected chi connectivity index (χ4v) is 6.48. The lowest BCUT2D eigenvalue weighted by Crippen LogP contribution is -2.55. The van der Waals surface area contributed by atoms with Crippen molar-refractivity contribution >= 4 is 11.6 Å². The highest BCUT2D eigenvalue weighted by Gasteiger charge is 2.73. The van der Waals surface area contributed by atoms with Crippen LogP contribution in [-0.2, 0) is 16.9 Å². The first-order valence-corrected chi connectivity index (χ1v) is 12.1. The van der Waals surface area contributed by atoms with E-state index >= 15 is 0 Å². The zero-order valence-corrected chi connectivity index (χ0v) is 19.5. The summed E-state index contributed by atoms with van der Waals surface area (Å²) in [6.07, 6.45) is 1.69. The van der Waals surface area contributed by atoms with E-state index in [4.69, 9.17) is 4.74 Å². The lowest BCUT2D eigenvalue weighted by Gasteiger charge is -2.32. The third-order valence-corrected chi connectivity index (χ3v) is 7.89. The normalized spacial score (nSPS) is 26.3. The first kappa shape index (κ1) is 22.3. The predicted molar refractivity (Wildman–Crippen MR) is 132 cm³/mol. The Morgan fingerprint density at radius 2 is 1.86 bits per heavy atom. The molecule has 6 rings (SSSR count). The van der Waals surface area contributed by atoms with Crippen LogP contribution in [0.4, 0.5) is 5.69 Å². The molecular formula is C28H24N4O4. The molecule has 0 bridgehead atoms. The summed E-state index contributed by atoms with van der Waals surface area (Å²) < 4.78 is 5.91. The summed E-state index contributed by atoms with van der Waals surface area (Å²) in [6, 6.07) is 22.9. The number of rotatable bonds is 5. The molecule has 2 saturated heterocycles. The highest BCUT2D eigenvalue weighted by atomic mass is 16.6. The van der Waals surface area contributed by atoms with Gasteiger partial charge < -0.3 is 10.1 Å². The number of hydrogen-bond acceptors (Lipinski definition) is 6. The fraction of sp³-hybridized carbons (Fsp3) is 0.286. The predicted octanol–water partition coefficient (Wildman–Crippen LogP) is 4.19. The average molecular weight is 481 g/mol. The van der Waals surface area contributed by atoms with E-state index in [2.05, 4.69) is 16.3 Å². The smallest absolute Gasteiger partial charge is 0.256 e. The van der Waals surface area contributed by atoms with Gasteiger partial charge in [0.25, 0.3) is 11.9 Å². The summed E-state index contributed by atoms with van der Waals surface area (Å²) in [4.78, 5) is 28.0. The van der Waals surface area contributed by atoms with Crippen LogP contribution in [0.25, 0.3) is 0 Å². The largest absolute Gasteiger partial charge is 0.489 e. The van der Waals surface area contributed by atoms with Gasteiger partial charge in [-0.05, 0) is 42.7 Å². The quantitative estimate of drug-likeness (QED) is 0.433. The molecule has 8 nitrogen and oxygen atoms in total. The molecule has 4 atom stereocenters. The third-order valence-electron chi connectivity index (χ3n) is 7.89. The molecule has 0 unspecified atom stereocenters. The Bertz CT molecular complexity index is 1400. The number of carbonyl (C=O) groups excluding carboxylic acids is 1. The van der Waals surface area contributed by atoms with E-state index in [-0.39, 0.29) is 23.5 Å². The Kier molecular flexibility index (Phi) is 5.23. The molecule has 0 saturated carbocycles. The third kappa shape index (κ3) is 3.13. The van der Waals surface area contributed by atoms with Crippen molar-refractivity contribution in [1.29, 1.82) is 5.26 Å². The van der Waals surface area contributed by atoms with Crippen LogP contribution >= 0.6 is 0 Å². The number of anilines is 1. The second kappa shape index (κ2) is 8.47. The molecule has 3 heterocycles. The Balaban J connectivity index is 1.34. The number of benzene rings is 3. The van der Waals surface area contributed by atoms with Gasteiger partial charge in [-0.2, -0.15) is 5.26 Å². The Labute approximate surface area is 208 Å². The molecule has 1 spiro atoms. The number of carbonyl (C=O) groups is 1. The second-order valence-corrected chi connectivity index (χ2v) is 9.55. The van der Waals surface area contributed by atoms with E-state index in [1.165, 1.54) is 0 Å². The van der Waals surface area contributed by atoms with Crippen molar-refractivity contribution in [2.45, 2.75) is 43.0 Å². The van der Waals surface area contributed by atoms with Gasteiger partial charge in [-0.15, -0.1) is 0 Å². The summed E-state index contributed by atoms with van der Waals surface area (Å²) in [5, 5.41) is 24.9. The molecule has 0 radical (unpaired) electrons. The number of fused-ring (bicyclic) bond motifs is 4. The highest BCUT2D eigenvalue weighted by Crippen LogP contribution is 2.58. The van der Waals surface area contributed by atoms with Crippen molar-refractivity contribution < 1.29 is 14.5 Å². The maximum absolute atomic E-state index is 13.5. The molecule has 0 aromatic heterocycles. The minimum absolute atomic E-state index is 0.105.